The smallest absolute Gasteiger partial charge is 0.238 e. The lowest BCUT2D eigenvalue weighted by molar-refractivity contribution is -0.117. The first kappa shape index (κ1) is 22.2. The zero-order valence-corrected chi connectivity index (χ0v) is 19.2. The Morgan fingerprint density at radius 1 is 1.16 bits per heavy atom. The van der Waals surface area contributed by atoms with Gasteiger partial charge in [0.1, 0.15) is 24.3 Å². The summed E-state index contributed by atoms with van der Waals surface area (Å²) >= 11 is 6.15. The first-order chi connectivity index (χ1) is 15.4. The lowest BCUT2D eigenvalue weighted by Crippen LogP contribution is -2.49. The van der Waals surface area contributed by atoms with Crippen LogP contribution in [0.4, 0.5) is 11.5 Å². The third-order valence-corrected chi connectivity index (χ3v) is 5.57. The number of carbonyl (C=O) groups excluding carboxylic acids is 1. The fourth-order valence-corrected chi connectivity index (χ4v) is 3.84. The van der Waals surface area contributed by atoms with Gasteiger partial charge in [0.15, 0.2) is 0 Å². The summed E-state index contributed by atoms with van der Waals surface area (Å²) in [6.07, 6.45) is 3.03. The predicted octanol–water partition coefficient (Wildman–Crippen LogP) is 2.90. The van der Waals surface area contributed by atoms with Crippen molar-refractivity contribution >= 4 is 29.0 Å². The van der Waals surface area contributed by atoms with Crippen molar-refractivity contribution in [2.45, 2.75) is 26.7 Å². The Bertz CT molecular complexity index is 1080. The van der Waals surface area contributed by atoms with E-state index in [4.69, 9.17) is 16.6 Å². The van der Waals surface area contributed by atoms with Crippen LogP contribution in [0.3, 0.4) is 0 Å². The lowest BCUT2D eigenvalue weighted by atomic mass is 10.2. The molecule has 1 aromatic carbocycles. The van der Waals surface area contributed by atoms with Crippen LogP contribution in [-0.2, 0) is 4.79 Å². The molecule has 4 rings (SSSR count). The summed E-state index contributed by atoms with van der Waals surface area (Å²) in [6.45, 7) is 9.67. The van der Waals surface area contributed by atoms with Gasteiger partial charge < -0.3 is 10.2 Å². The normalized spacial score (nSPS) is 14.7. The molecule has 9 nitrogen and oxygen atoms in total. The molecule has 1 fully saturated rings. The highest BCUT2D eigenvalue weighted by Gasteiger charge is 2.21. The van der Waals surface area contributed by atoms with Gasteiger partial charge in [-0.05, 0) is 25.1 Å². The Kier molecular flexibility index (Phi) is 6.66. The first-order valence-electron chi connectivity index (χ1n) is 10.7. The van der Waals surface area contributed by atoms with Gasteiger partial charge in [0.05, 0.1) is 17.9 Å². The number of carbonyl (C=O) groups is 1. The van der Waals surface area contributed by atoms with Gasteiger partial charge in [0, 0.05) is 48.9 Å². The molecule has 0 unspecified atom stereocenters. The molecule has 1 aliphatic rings. The summed E-state index contributed by atoms with van der Waals surface area (Å²) < 4.78 is 1.60. The summed E-state index contributed by atoms with van der Waals surface area (Å²) in [5.41, 5.74) is 2.29. The second-order valence-electron chi connectivity index (χ2n) is 8.19. The molecule has 3 heterocycles. The molecule has 0 atom stereocenters. The van der Waals surface area contributed by atoms with Crippen LogP contribution in [0.1, 0.15) is 31.3 Å². The van der Waals surface area contributed by atoms with E-state index in [9.17, 15) is 4.79 Å². The molecule has 0 aliphatic carbocycles. The van der Waals surface area contributed by atoms with Crippen LogP contribution in [0.2, 0.25) is 5.02 Å². The summed E-state index contributed by atoms with van der Waals surface area (Å²) in [6, 6.07) is 7.31. The minimum absolute atomic E-state index is 0.0953. The molecule has 168 valence electrons. The van der Waals surface area contributed by atoms with Gasteiger partial charge in [-0.1, -0.05) is 25.4 Å². The van der Waals surface area contributed by atoms with Crippen LogP contribution in [0, 0.1) is 6.92 Å². The Morgan fingerprint density at radius 3 is 2.62 bits per heavy atom. The largest absolute Gasteiger partial charge is 0.354 e. The molecule has 10 heteroatoms. The van der Waals surface area contributed by atoms with Crippen molar-refractivity contribution in [2.24, 2.45) is 0 Å². The van der Waals surface area contributed by atoms with Gasteiger partial charge in [-0.2, -0.15) is 5.10 Å². The molecule has 0 bridgehead atoms. The van der Waals surface area contributed by atoms with E-state index in [1.807, 2.05) is 13.0 Å². The summed E-state index contributed by atoms with van der Waals surface area (Å²) in [5.74, 6) is 2.02. The number of benzene rings is 1. The van der Waals surface area contributed by atoms with Gasteiger partial charge in [-0.3, -0.25) is 9.69 Å². The molecule has 32 heavy (non-hydrogen) atoms. The third-order valence-electron chi connectivity index (χ3n) is 5.34. The van der Waals surface area contributed by atoms with Gasteiger partial charge >= 0.3 is 0 Å². The quantitative estimate of drug-likeness (QED) is 0.612. The van der Waals surface area contributed by atoms with Crippen molar-refractivity contribution in [2.75, 3.05) is 42.9 Å². The molecular formula is C22H27ClN8O. The Hall–Kier alpha value is -3.04. The maximum absolute atomic E-state index is 12.8. The number of aryl methyl sites for hydroxylation is 1. The predicted molar refractivity (Wildman–Crippen MR) is 125 cm³/mol. The third kappa shape index (κ3) is 5.23. The lowest BCUT2D eigenvalue weighted by Gasteiger charge is -2.35. The number of amides is 1. The fraction of sp³-hybridized carbons (Fsp3) is 0.409. The summed E-state index contributed by atoms with van der Waals surface area (Å²) in [4.78, 5) is 30.4. The van der Waals surface area contributed by atoms with Gasteiger partial charge in [-0.25, -0.2) is 19.6 Å². The van der Waals surface area contributed by atoms with Crippen molar-refractivity contribution in [3.8, 4) is 5.69 Å². The monoisotopic (exact) mass is 454 g/mol. The van der Waals surface area contributed by atoms with Gasteiger partial charge in [-0.15, -0.1) is 0 Å². The molecule has 1 amide bonds. The SMILES string of the molecule is Cc1cc(N2CCN(CC(=O)Nc3cc(Cl)ccc3-n3cncn3)CC2)nc(C(C)C)n1. The minimum atomic E-state index is -0.0953. The van der Waals surface area contributed by atoms with Crippen LogP contribution < -0.4 is 10.2 Å². The molecule has 0 saturated carbocycles. The van der Waals surface area contributed by atoms with E-state index in [0.717, 1.165) is 43.5 Å². The Balaban J connectivity index is 1.36. The molecule has 1 aliphatic heterocycles. The fourth-order valence-electron chi connectivity index (χ4n) is 3.66. The van der Waals surface area contributed by atoms with E-state index >= 15 is 0 Å². The van der Waals surface area contributed by atoms with Gasteiger partial charge in [0.2, 0.25) is 5.91 Å². The maximum Gasteiger partial charge on any atom is 0.238 e. The van der Waals surface area contributed by atoms with Crippen molar-refractivity contribution in [1.29, 1.82) is 0 Å². The number of rotatable bonds is 6. The highest BCUT2D eigenvalue weighted by Crippen LogP contribution is 2.24. The first-order valence-corrected chi connectivity index (χ1v) is 11.0. The van der Waals surface area contributed by atoms with E-state index in [-0.39, 0.29) is 11.8 Å². The van der Waals surface area contributed by atoms with Crippen molar-refractivity contribution in [3.63, 3.8) is 0 Å². The number of anilines is 2. The second kappa shape index (κ2) is 9.62. The highest BCUT2D eigenvalue weighted by molar-refractivity contribution is 6.31. The minimum Gasteiger partial charge on any atom is -0.354 e. The van der Waals surface area contributed by atoms with Crippen LogP contribution in [0.5, 0.6) is 0 Å². The number of nitrogens with one attached hydrogen (secondary N) is 1. The van der Waals surface area contributed by atoms with Crippen molar-refractivity contribution in [1.82, 2.24) is 29.6 Å². The molecule has 2 aromatic heterocycles. The molecular weight excluding hydrogens is 428 g/mol. The molecule has 0 radical (unpaired) electrons. The zero-order valence-electron chi connectivity index (χ0n) is 18.5. The number of hydrogen-bond acceptors (Lipinski definition) is 7. The van der Waals surface area contributed by atoms with E-state index in [1.54, 1.807) is 29.2 Å². The topological polar surface area (TPSA) is 92.1 Å². The number of nitrogens with zero attached hydrogens (tertiary/aromatic N) is 7. The molecule has 1 saturated heterocycles. The van der Waals surface area contributed by atoms with E-state index in [0.29, 0.717) is 22.9 Å². The van der Waals surface area contributed by atoms with Crippen LogP contribution in [-0.4, -0.2) is 68.3 Å². The van der Waals surface area contributed by atoms with E-state index < -0.39 is 0 Å². The zero-order chi connectivity index (χ0) is 22.7. The van der Waals surface area contributed by atoms with E-state index in [2.05, 4.69) is 44.0 Å². The summed E-state index contributed by atoms with van der Waals surface area (Å²) in [7, 11) is 0. The number of halogens is 1. The van der Waals surface area contributed by atoms with Crippen molar-refractivity contribution in [3.05, 3.63) is 53.5 Å². The standard InChI is InChI=1S/C22H27ClN8O/c1-15(2)22-26-16(3)10-20(28-22)30-8-6-29(7-9-30)12-21(32)27-18-11-17(23)4-5-19(18)31-14-24-13-25-31/h4-5,10-11,13-15H,6-9,12H2,1-3H3,(H,27,32). The Morgan fingerprint density at radius 2 is 1.94 bits per heavy atom. The summed E-state index contributed by atoms with van der Waals surface area (Å²) in [5, 5.41) is 7.65. The number of aromatic nitrogens is 5. The highest BCUT2D eigenvalue weighted by atomic mass is 35.5. The molecule has 0 spiro atoms. The average molecular weight is 455 g/mol. The average Bonchev–Trinajstić information content (AvgIpc) is 3.28. The van der Waals surface area contributed by atoms with Crippen LogP contribution in [0.25, 0.3) is 5.69 Å². The molecule has 1 N–H and O–H groups in total. The number of hydrogen-bond donors (Lipinski definition) is 1. The van der Waals surface area contributed by atoms with Crippen LogP contribution >= 0.6 is 11.6 Å². The maximum atomic E-state index is 12.8. The van der Waals surface area contributed by atoms with Crippen molar-refractivity contribution < 1.29 is 4.79 Å². The van der Waals surface area contributed by atoms with Crippen LogP contribution in [0.15, 0.2) is 36.9 Å². The van der Waals surface area contributed by atoms with Gasteiger partial charge in [0.25, 0.3) is 0 Å². The molecule has 3 aromatic rings. The Labute approximate surface area is 192 Å². The van der Waals surface area contributed by atoms with E-state index in [1.165, 1.54) is 6.33 Å². The number of piperazine rings is 1. The second-order valence-corrected chi connectivity index (χ2v) is 8.63.